The third kappa shape index (κ3) is 4.42. The maximum Gasteiger partial charge on any atom is 0.354 e. The van der Waals surface area contributed by atoms with E-state index in [1.54, 1.807) is 6.07 Å². The highest BCUT2D eigenvalue weighted by atomic mass is 16.5. The van der Waals surface area contributed by atoms with Crippen LogP contribution in [-0.4, -0.2) is 59.2 Å². The summed E-state index contributed by atoms with van der Waals surface area (Å²) in [4.78, 5) is 39.7. The van der Waals surface area contributed by atoms with Crippen molar-refractivity contribution in [3.8, 4) is 0 Å². The third-order valence-electron chi connectivity index (χ3n) is 8.65. The number of methoxy groups -OCH3 is 1. The quantitative estimate of drug-likeness (QED) is 0.665. The van der Waals surface area contributed by atoms with E-state index < -0.39 is 0 Å². The van der Waals surface area contributed by atoms with Gasteiger partial charge in [0.1, 0.15) is 5.69 Å². The van der Waals surface area contributed by atoms with E-state index in [-0.39, 0.29) is 35.5 Å². The molecule has 8 nitrogen and oxygen atoms in total. The first kappa shape index (κ1) is 22.4. The highest BCUT2D eigenvalue weighted by Gasteiger charge is 2.51. The number of nitrogens with one attached hydrogen (secondary N) is 2. The molecule has 1 aromatic rings. The zero-order valence-corrected chi connectivity index (χ0v) is 19.7. The van der Waals surface area contributed by atoms with Crippen molar-refractivity contribution in [2.24, 2.45) is 17.8 Å². The minimum absolute atomic E-state index is 0.102. The second-order valence-electron chi connectivity index (χ2n) is 10.9. The summed E-state index contributed by atoms with van der Waals surface area (Å²) in [5.41, 5.74) is 0.456. The Morgan fingerprint density at radius 1 is 1.06 bits per heavy atom. The molecule has 4 bridgehead atoms. The number of hydrogen-bond acceptors (Lipinski definition) is 5. The maximum absolute atomic E-state index is 12.9. The highest BCUT2D eigenvalue weighted by molar-refractivity contribution is 5.97. The minimum atomic E-state index is -0.377. The predicted octanol–water partition coefficient (Wildman–Crippen LogP) is 3.09. The zero-order chi connectivity index (χ0) is 23.2. The fourth-order valence-corrected chi connectivity index (χ4v) is 7.46. The van der Waals surface area contributed by atoms with Gasteiger partial charge in [0.25, 0.3) is 0 Å². The lowest BCUT2D eigenvalue weighted by molar-refractivity contribution is -0.125. The molecule has 0 spiro atoms. The smallest absolute Gasteiger partial charge is 0.354 e. The van der Waals surface area contributed by atoms with Crippen LogP contribution in [0.15, 0.2) is 18.3 Å². The lowest BCUT2D eigenvalue weighted by atomic mass is 9.53. The van der Waals surface area contributed by atoms with E-state index in [1.165, 1.54) is 26.4 Å². The van der Waals surface area contributed by atoms with Crippen molar-refractivity contribution < 1.29 is 19.1 Å². The summed E-state index contributed by atoms with van der Waals surface area (Å²) in [5, 5.41) is 5.85. The molecule has 2 heterocycles. The van der Waals surface area contributed by atoms with Crippen molar-refractivity contribution in [1.82, 2.24) is 20.1 Å². The van der Waals surface area contributed by atoms with Crippen molar-refractivity contribution in [2.75, 3.05) is 20.2 Å². The first-order valence-corrected chi connectivity index (χ1v) is 12.5. The number of imide groups is 1. The highest BCUT2D eigenvalue weighted by Crippen LogP contribution is 2.55. The number of aromatic nitrogens is 1. The average molecular weight is 457 g/mol. The first-order valence-electron chi connectivity index (χ1n) is 12.5. The molecule has 1 aliphatic heterocycles. The van der Waals surface area contributed by atoms with Gasteiger partial charge in [0.15, 0.2) is 0 Å². The van der Waals surface area contributed by atoms with Crippen LogP contribution in [0.25, 0.3) is 0 Å². The molecule has 1 unspecified atom stereocenters. The molecule has 3 amide bonds. The van der Waals surface area contributed by atoms with Crippen molar-refractivity contribution in [1.29, 1.82) is 0 Å². The number of amides is 3. The lowest BCUT2D eigenvalue weighted by Gasteiger charge is -2.56. The Morgan fingerprint density at radius 2 is 1.67 bits per heavy atom. The normalized spacial score (nSPS) is 32.4. The van der Waals surface area contributed by atoms with Crippen molar-refractivity contribution in [2.45, 2.75) is 75.9 Å². The molecular formula is C25H36N4O4. The van der Waals surface area contributed by atoms with Gasteiger partial charge in [0.05, 0.1) is 13.2 Å². The predicted molar refractivity (Wildman–Crippen MR) is 123 cm³/mol. The number of urea groups is 1. The summed E-state index contributed by atoms with van der Waals surface area (Å²) in [5.74, 6) is 1.65. The van der Waals surface area contributed by atoms with Crippen LogP contribution in [0.2, 0.25) is 0 Å². The molecular weight excluding hydrogens is 420 g/mol. The number of rotatable bonds is 5. The molecule has 0 aromatic carbocycles. The van der Waals surface area contributed by atoms with Gasteiger partial charge < -0.3 is 14.6 Å². The van der Waals surface area contributed by atoms with Crippen molar-refractivity contribution in [3.05, 3.63) is 24.0 Å². The van der Waals surface area contributed by atoms with Crippen molar-refractivity contribution in [3.63, 3.8) is 0 Å². The summed E-state index contributed by atoms with van der Waals surface area (Å²) in [6.45, 7) is 3.33. The van der Waals surface area contributed by atoms with E-state index in [9.17, 15) is 14.4 Å². The molecule has 1 atom stereocenters. The van der Waals surface area contributed by atoms with Crippen LogP contribution in [-0.2, 0) is 9.53 Å². The van der Waals surface area contributed by atoms with Gasteiger partial charge in [-0.05, 0) is 88.2 Å². The number of esters is 1. The monoisotopic (exact) mass is 456 g/mol. The summed E-state index contributed by atoms with van der Waals surface area (Å²) in [7, 11) is 1.39. The van der Waals surface area contributed by atoms with Crippen LogP contribution in [0.5, 0.6) is 0 Å². The Balaban J connectivity index is 1.12. The average Bonchev–Trinajstić information content (AvgIpc) is 3.26. The molecule has 4 aliphatic carbocycles. The molecule has 33 heavy (non-hydrogen) atoms. The van der Waals surface area contributed by atoms with Crippen LogP contribution >= 0.6 is 0 Å². The molecule has 180 valence electrons. The van der Waals surface area contributed by atoms with Gasteiger partial charge in [-0.2, -0.15) is 0 Å². The molecule has 6 rings (SSSR count). The SMILES string of the molecule is COC(=O)c1cccn1C1CCN(C(C)C(=O)NC(=O)NC23CC4CC(CC(C4)C2)C3)CC1. The molecule has 8 heteroatoms. The number of ether oxygens (including phenoxy) is 1. The fourth-order valence-electron chi connectivity index (χ4n) is 7.46. The van der Waals surface area contributed by atoms with E-state index in [4.69, 9.17) is 4.74 Å². The standard InChI is InChI=1S/C25H36N4O4/c1-16(28-8-5-20(6-9-28)29-7-3-4-21(29)23(31)33-2)22(30)26-24(32)27-25-13-17-10-18(14-25)12-19(11-17)15-25/h3-4,7,16-20H,5-6,8-15H2,1-2H3,(H2,26,27,30,32). The molecule has 1 aromatic heterocycles. The number of piperidine rings is 1. The van der Waals surface area contributed by atoms with Gasteiger partial charge in [-0.15, -0.1) is 0 Å². The summed E-state index contributed by atoms with van der Waals surface area (Å²) < 4.78 is 6.86. The molecule has 1 saturated heterocycles. The third-order valence-corrected chi connectivity index (χ3v) is 8.65. The Morgan fingerprint density at radius 3 is 2.24 bits per heavy atom. The topological polar surface area (TPSA) is 92.7 Å². The molecule has 0 radical (unpaired) electrons. The van der Waals surface area contributed by atoms with E-state index in [1.807, 2.05) is 23.8 Å². The van der Waals surface area contributed by atoms with E-state index in [2.05, 4.69) is 15.5 Å². The second-order valence-corrected chi connectivity index (χ2v) is 10.9. The Kier molecular flexibility index (Phi) is 5.97. The van der Waals surface area contributed by atoms with Gasteiger partial charge in [0, 0.05) is 30.9 Å². The second kappa shape index (κ2) is 8.78. The lowest BCUT2D eigenvalue weighted by Crippen LogP contribution is -2.62. The largest absolute Gasteiger partial charge is 0.464 e. The summed E-state index contributed by atoms with van der Waals surface area (Å²) in [6, 6.07) is 3.12. The molecule has 4 saturated carbocycles. The maximum atomic E-state index is 12.9. The zero-order valence-electron chi connectivity index (χ0n) is 19.7. The Labute approximate surface area is 195 Å². The van der Waals surface area contributed by atoms with Crippen LogP contribution in [0.1, 0.15) is 74.8 Å². The Hall–Kier alpha value is -2.35. The van der Waals surface area contributed by atoms with Gasteiger partial charge in [-0.3, -0.25) is 15.0 Å². The van der Waals surface area contributed by atoms with Gasteiger partial charge in [0.2, 0.25) is 5.91 Å². The van der Waals surface area contributed by atoms with E-state index in [0.717, 1.165) is 62.9 Å². The summed E-state index contributed by atoms with van der Waals surface area (Å²) >= 11 is 0. The molecule has 5 aliphatic rings. The van der Waals surface area contributed by atoms with Gasteiger partial charge in [-0.1, -0.05) is 0 Å². The van der Waals surface area contributed by atoms with E-state index >= 15 is 0 Å². The van der Waals surface area contributed by atoms with Crippen LogP contribution in [0.3, 0.4) is 0 Å². The fraction of sp³-hybridized carbons (Fsp3) is 0.720. The number of carbonyl (C=O) groups excluding carboxylic acids is 3. The van der Waals surface area contributed by atoms with E-state index in [0.29, 0.717) is 5.69 Å². The number of nitrogens with zero attached hydrogens (tertiary/aromatic N) is 2. The molecule has 5 fully saturated rings. The number of hydrogen-bond donors (Lipinski definition) is 2. The van der Waals surface area contributed by atoms with Crippen LogP contribution < -0.4 is 10.6 Å². The van der Waals surface area contributed by atoms with Gasteiger partial charge >= 0.3 is 12.0 Å². The number of likely N-dealkylation sites (tertiary alicyclic amines) is 1. The Bertz CT molecular complexity index is 882. The first-order chi connectivity index (χ1) is 15.9. The van der Waals surface area contributed by atoms with Gasteiger partial charge in [-0.25, -0.2) is 9.59 Å². The molecule has 2 N–H and O–H groups in total. The van der Waals surface area contributed by atoms with Crippen LogP contribution in [0, 0.1) is 17.8 Å². The summed E-state index contributed by atoms with van der Waals surface area (Å²) in [6.07, 6.45) is 10.7. The van der Waals surface area contributed by atoms with Crippen molar-refractivity contribution >= 4 is 17.9 Å². The minimum Gasteiger partial charge on any atom is -0.464 e. The number of carbonyl (C=O) groups is 3. The van der Waals surface area contributed by atoms with Crippen LogP contribution in [0.4, 0.5) is 4.79 Å².